The van der Waals surface area contributed by atoms with E-state index in [1.54, 1.807) is 18.5 Å². The van der Waals surface area contributed by atoms with E-state index in [0.717, 1.165) is 5.69 Å². The van der Waals surface area contributed by atoms with Crippen LogP contribution in [0.5, 0.6) is 0 Å². The van der Waals surface area contributed by atoms with Crippen LogP contribution in [0.1, 0.15) is 17.8 Å². The lowest BCUT2D eigenvalue weighted by molar-refractivity contribution is -0.122. The van der Waals surface area contributed by atoms with Crippen LogP contribution in [-0.4, -0.2) is 21.9 Å². The maximum atomic E-state index is 11.4. The number of nitrogens with zero attached hydrogens (tertiary/aromatic N) is 2. The van der Waals surface area contributed by atoms with E-state index < -0.39 is 6.04 Å². The van der Waals surface area contributed by atoms with Crippen LogP contribution in [0, 0.1) is 6.92 Å². The third-order valence-corrected chi connectivity index (χ3v) is 2.04. The molecule has 0 spiro atoms. The zero-order valence-corrected chi connectivity index (χ0v) is 9.31. The molecule has 0 fully saturated rings. The van der Waals surface area contributed by atoms with Gasteiger partial charge in [-0.05, 0) is 13.3 Å². The first-order valence-corrected chi connectivity index (χ1v) is 5.05. The Morgan fingerprint density at radius 3 is 2.94 bits per heavy atom. The predicted molar refractivity (Wildman–Crippen MR) is 61.4 cm³/mol. The lowest BCUT2D eigenvalue weighted by Gasteiger charge is -2.09. The Labute approximate surface area is 94.8 Å². The average Bonchev–Trinajstić information content (AvgIpc) is 2.28. The lowest BCUT2D eigenvalue weighted by Crippen LogP contribution is -2.39. The van der Waals surface area contributed by atoms with Gasteiger partial charge in [-0.3, -0.25) is 14.8 Å². The zero-order chi connectivity index (χ0) is 12.0. The summed E-state index contributed by atoms with van der Waals surface area (Å²) in [6, 6.07) is -0.545. The molecular weight excluding hydrogens is 204 g/mol. The number of aryl methyl sites for hydroxylation is 1. The van der Waals surface area contributed by atoms with Crippen LogP contribution in [-0.2, 0) is 11.3 Å². The van der Waals surface area contributed by atoms with Crippen molar-refractivity contribution in [1.29, 1.82) is 0 Å². The highest BCUT2D eigenvalue weighted by Gasteiger charge is 2.10. The lowest BCUT2D eigenvalue weighted by atomic mass is 10.2. The van der Waals surface area contributed by atoms with Crippen molar-refractivity contribution in [2.24, 2.45) is 5.73 Å². The van der Waals surface area contributed by atoms with E-state index in [1.807, 2.05) is 6.92 Å². The second-order valence-corrected chi connectivity index (χ2v) is 3.50. The van der Waals surface area contributed by atoms with Gasteiger partial charge in [-0.15, -0.1) is 6.58 Å². The molecule has 0 saturated heterocycles. The van der Waals surface area contributed by atoms with Gasteiger partial charge in [-0.25, -0.2) is 0 Å². The summed E-state index contributed by atoms with van der Waals surface area (Å²) in [5.74, 6) is -0.206. The van der Waals surface area contributed by atoms with Gasteiger partial charge in [0.2, 0.25) is 5.91 Å². The molecule has 1 atom stereocenters. The van der Waals surface area contributed by atoms with Gasteiger partial charge >= 0.3 is 0 Å². The van der Waals surface area contributed by atoms with E-state index in [2.05, 4.69) is 21.9 Å². The summed E-state index contributed by atoms with van der Waals surface area (Å²) in [6.45, 7) is 5.73. The van der Waals surface area contributed by atoms with Crippen molar-refractivity contribution >= 4 is 5.91 Å². The Hall–Kier alpha value is -1.75. The van der Waals surface area contributed by atoms with Crippen molar-refractivity contribution in [3.63, 3.8) is 0 Å². The van der Waals surface area contributed by atoms with Crippen LogP contribution < -0.4 is 11.1 Å². The number of aromatic nitrogens is 2. The molecule has 1 heterocycles. The predicted octanol–water partition coefficient (Wildman–Crippen LogP) is 0.305. The first kappa shape index (κ1) is 12.3. The number of carbonyl (C=O) groups is 1. The second kappa shape index (κ2) is 5.97. The third kappa shape index (κ3) is 3.78. The fraction of sp³-hybridized carbons (Fsp3) is 0.364. The van der Waals surface area contributed by atoms with Crippen molar-refractivity contribution < 1.29 is 4.79 Å². The summed E-state index contributed by atoms with van der Waals surface area (Å²) in [6.07, 6.45) is 5.38. The van der Waals surface area contributed by atoms with E-state index in [0.29, 0.717) is 18.7 Å². The van der Waals surface area contributed by atoms with Crippen molar-refractivity contribution in [3.05, 3.63) is 36.4 Å². The highest BCUT2D eigenvalue weighted by Crippen LogP contribution is 1.94. The minimum atomic E-state index is -0.545. The molecule has 0 radical (unpaired) electrons. The molecule has 1 unspecified atom stereocenters. The Kier molecular flexibility index (Phi) is 4.60. The van der Waals surface area contributed by atoms with E-state index in [1.165, 1.54) is 0 Å². The molecule has 5 nitrogen and oxygen atoms in total. The molecule has 0 saturated carbocycles. The van der Waals surface area contributed by atoms with Crippen LogP contribution in [0.3, 0.4) is 0 Å². The van der Waals surface area contributed by atoms with Crippen molar-refractivity contribution in [2.45, 2.75) is 25.9 Å². The van der Waals surface area contributed by atoms with Gasteiger partial charge in [-0.1, -0.05) is 6.08 Å². The Bertz CT molecular complexity index is 361. The topological polar surface area (TPSA) is 80.9 Å². The van der Waals surface area contributed by atoms with Gasteiger partial charge in [0.25, 0.3) is 0 Å². The maximum Gasteiger partial charge on any atom is 0.237 e. The molecule has 1 amide bonds. The molecule has 86 valence electrons. The maximum absolute atomic E-state index is 11.4. The summed E-state index contributed by atoms with van der Waals surface area (Å²) < 4.78 is 0. The summed E-state index contributed by atoms with van der Waals surface area (Å²) in [5.41, 5.74) is 7.16. The minimum absolute atomic E-state index is 0.206. The molecule has 1 aromatic heterocycles. The molecule has 16 heavy (non-hydrogen) atoms. The third-order valence-electron chi connectivity index (χ3n) is 2.04. The van der Waals surface area contributed by atoms with Gasteiger partial charge < -0.3 is 11.1 Å². The Morgan fingerprint density at radius 1 is 1.62 bits per heavy atom. The molecule has 0 aliphatic rings. The summed E-state index contributed by atoms with van der Waals surface area (Å²) in [5, 5.41) is 2.69. The normalized spacial score (nSPS) is 11.9. The van der Waals surface area contributed by atoms with Crippen LogP contribution in [0.2, 0.25) is 0 Å². The molecular formula is C11H16N4O. The fourth-order valence-electron chi connectivity index (χ4n) is 1.11. The van der Waals surface area contributed by atoms with Gasteiger partial charge in [0, 0.05) is 6.20 Å². The van der Waals surface area contributed by atoms with Crippen LogP contribution in [0.4, 0.5) is 0 Å². The molecule has 0 aliphatic carbocycles. The van der Waals surface area contributed by atoms with E-state index >= 15 is 0 Å². The quantitative estimate of drug-likeness (QED) is 0.699. The van der Waals surface area contributed by atoms with Crippen LogP contribution in [0.15, 0.2) is 25.0 Å². The highest BCUT2D eigenvalue weighted by atomic mass is 16.2. The standard InChI is InChI=1S/C11H16N4O/c1-3-4-10(12)11(16)15-7-9-6-13-8(2)5-14-9/h3,5-6,10H,1,4,7,12H2,2H3,(H,15,16). The number of rotatable bonds is 5. The first-order chi connectivity index (χ1) is 7.63. The summed E-state index contributed by atoms with van der Waals surface area (Å²) >= 11 is 0. The number of amides is 1. The van der Waals surface area contributed by atoms with Gasteiger partial charge in [-0.2, -0.15) is 0 Å². The number of hydrogen-bond donors (Lipinski definition) is 2. The zero-order valence-electron chi connectivity index (χ0n) is 9.31. The van der Waals surface area contributed by atoms with Crippen LogP contribution >= 0.6 is 0 Å². The molecule has 0 bridgehead atoms. The van der Waals surface area contributed by atoms with Crippen molar-refractivity contribution in [3.8, 4) is 0 Å². The van der Waals surface area contributed by atoms with E-state index in [9.17, 15) is 4.79 Å². The molecule has 1 aromatic rings. The molecule has 0 aromatic carbocycles. The number of nitrogens with one attached hydrogen (secondary N) is 1. The SMILES string of the molecule is C=CCC(N)C(=O)NCc1cnc(C)cn1. The average molecular weight is 220 g/mol. The fourth-order valence-corrected chi connectivity index (χ4v) is 1.11. The minimum Gasteiger partial charge on any atom is -0.349 e. The van der Waals surface area contributed by atoms with E-state index in [4.69, 9.17) is 5.73 Å². The van der Waals surface area contributed by atoms with Gasteiger partial charge in [0.15, 0.2) is 0 Å². The smallest absolute Gasteiger partial charge is 0.237 e. The number of nitrogens with two attached hydrogens (primary N) is 1. The van der Waals surface area contributed by atoms with Crippen LogP contribution in [0.25, 0.3) is 0 Å². The summed E-state index contributed by atoms with van der Waals surface area (Å²) in [7, 11) is 0. The number of carbonyl (C=O) groups excluding carboxylic acids is 1. The molecule has 1 rings (SSSR count). The highest BCUT2D eigenvalue weighted by molar-refractivity contribution is 5.81. The summed E-state index contributed by atoms with van der Waals surface area (Å²) in [4.78, 5) is 19.6. The monoisotopic (exact) mass is 220 g/mol. The molecule has 5 heteroatoms. The largest absolute Gasteiger partial charge is 0.349 e. The van der Waals surface area contributed by atoms with E-state index in [-0.39, 0.29) is 5.91 Å². The van der Waals surface area contributed by atoms with Gasteiger partial charge in [0.1, 0.15) is 0 Å². The Morgan fingerprint density at radius 2 is 2.38 bits per heavy atom. The number of hydrogen-bond acceptors (Lipinski definition) is 4. The van der Waals surface area contributed by atoms with Crippen molar-refractivity contribution in [2.75, 3.05) is 0 Å². The van der Waals surface area contributed by atoms with Gasteiger partial charge in [0.05, 0.1) is 30.2 Å². The molecule has 0 aliphatic heterocycles. The first-order valence-electron chi connectivity index (χ1n) is 5.05. The second-order valence-electron chi connectivity index (χ2n) is 3.50. The molecule has 3 N–H and O–H groups in total. The van der Waals surface area contributed by atoms with Crippen molar-refractivity contribution in [1.82, 2.24) is 15.3 Å². The Balaban J connectivity index is 2.42.